The predicted molar refractivity (Wildman–Crippen MR) is 85.2 cm³/mol. The number of nitrogens with zero attached hydrogens (tertiary/aromatic N) is 1. The van der Waals surface area contributed by atoms with E-state index in [1.165, 1.54) is 0 Å². The second kappa shape index (κ2) is 6.28. The molecule has 0 bridgehead atoms. The average Bonchev–Trinajstić information content (AvgIpc) is 2.46. The van der Waals surface area contributed by atoms with E-state index < -0.39 is 0 Å². The number of pyridine rings is 1. The third-order valence-electron chi connectivity index (χ3n) is 3.64. The number of amides is 1. The molecule has 0 radical (unpaired) electrons. The van der Waals surface area contributed by atoms with E-state index in [0.717, 1.165) is 17.4 Å². The maximum Gasteiger partial charge on any atom is 0.261 e. The summed E-state index contributed by atoms with van der Waals surface area (Å²) in [4.78, 5) is 29.1. The number of para-hydroxylation sites is 1. The normalized spacial score (nSPS) is 18.3. The summed E-state index contributed by atoms with van der Waals surface area (Å²) < 4.78 is 0. The second-order valence-corrected chi connectivity index (χ2v) is 5.21. The van der Waals surface area contributed by atoms with Crippen LogP contribution in [0.25, 0.3) is 10.9 Å². The second-order valence-electron chi connectivity index (χ2n) is 5.21. The Hall–Kier alpha value is -1.85. The van der Waals surface area contributed by atoms with Crippen LogP contribution in [0.2, 0.25) is 0 Å². The van der Waals surface area contributed by atoms with Crippen molar-refractivity contribution in [2.75, 3.05) is 19.6 Å². The van der Waals surface area contributed by atoms with Crippen LogP contribution in [0.5, 0.6) is 0 Å². The smallest absolute Gasteiger partial charge is 0.261 e. The van der Waals surface area contributed by atoms with Gasteiger partial charge in [-0.3, -0.25) is 9.59 Å². The van der Waals surface area contributed by atoms with Crippen LogP contribution in [0.1, 0.15) is 17.3 Å². The highest BCUT2D eigenvalue weighted by molar-refractivity contribution is 5.97. The quantitative estimate of drug-likeness (QED) is 0.836. The molecule has 1 aliphatic heterocycles. The van der Waals surface area contributed by atoms with Crippen molar-refractivity contribution < 1.29 is 4.79 Å². The monoisotopic (exact) mass is 307 g/mol. The fourth-order valence-electron chi connectivity index (χ4n) is 2.59. The molecule has 2 aromatic rings. The molecule has 5 nitrogen and oxygen atoms in total. The van der Waals surface area contributed by atoms with Crippen LogP contribution in [0.3, 0.4) is 0 Å². The van der Waals surface area contributed by atoms with E-state index in [-0.39, 0.29) is 35.5 Å². The zero-order chi connectivity index (χ0) is 14.1. The van der Waals surface area contributed by atoms with Gasteiger partial charge in [0.2, 0.25) is 0 Å². The lowest BCUT2D eigenvalue weighted by Crippen LogP contribution is -2.52. The Kier molecular flexibility index (Phi) is 4.65. The molecule has 1 aromatic carbocycles. The van der Waals surface area contributed by atoms with Gasteiger partial charge < -0.3 is 15.2 Å². The van der Waals surface area contributed by atoms with Crippen molar-refractivity contribution >= 4 is 29.2 Å². The Morgan fingerprint density at radius 1 is 1.33 bits per heavy atom. The lowest BCUT2D eigenvalue weighted by molar-refractivity contribution is 0.0707. The number of halogens is 1. The number of hydrogen-bond donors (Lipinski definition) is 2. The van der Waals surface area contributed by atoms with Crippen molar-refractivity contribution in [3.63, 3.8) is 0 Å². The van der Waals surface area contributed by atoms with E-state index in [2.05, 4.69) is 10.3 Å². The molecule has 1 atom stereocenters. The van der Waals surface area contributed by atoms with E-state index in [1.807, 2.05) is 31.2 Å². The summed E-state index contributed by atoms with van der Waals surface area (Å²) in [5.41, 5.74) is 0.653. The highest BCUT2D eigenvalue weighted by atomic mass is 35.5. The molecule has 1 unspecified atom stereocenters. The number of H-pyrrole nitrogens is 1. The van der Waals surface area contributed by atoms with Crippen LogP contribution >= 0.6 is 12.4 Å². The van der Waals surface area contributed by atoms with Crippen molar-refractivity contribution in [3.05, 3.63) is 46.2 Å². The Morgan fingerprint density at radius 3 is 2.86 bits per heavy atom. The molecule has 1 amide bonds. The van der Waals surface area contributed by atoms with E-state index in [9.17, 15) is 9.59 Å². The van der Waals surface area contributed by atoms with Crippen LogP contribution in [0, 0.1) is 0 Å². The van der Waals surface area contributed by atoms with Gasteiger partial charge in [0.25, 0.3) is 11.5 Å². The zero-order valence-electron chi connectivity index (χ0n) is 11.8. The van der Waals surface area contributed by atoms with Crippen LogP contribution < -0.4 is 10.9 Å². The van der Waals surface area contributed by atoms with Gasteiger partial charge in [-0.05, 0) is 24.4 Å². The van der Waals surface area contributed by atoms with Crippen molar-refractivity contribution in [2.45, 2.75) is 13.0 Å². The molecular weight excluding hydrogens is 290 g/mol. The van der Waals surface area contributed by atoms with E-state index in [1.54, 1.807) is 11.0 Å². The highest BCUT2D eigenvalue weighted by Crippen LogP contribution is 2.12. The van der Waals surface area contributed by atoms with E-state index in [4.69, 9.17) is 0 Å². The Balaban J connectivity index is 0.00000161. The molecule has 0 saturated carbocycles. The van der Waals surface area contributed by atoms with Crippen LogP contribution in [0.4, 0.5) is 0 Å². The molecule has 3 rings (SSSR count). The standard InChI is InChI=1S/C15H17N3O2.ClH/c1-10-9-18(7-6-16-10)15(20)12-8-11-4-2-3-5-13(11)17-14(12)19;/h2-5,8,10,16H,6-7,9H2,1H3,(H,17,19);1H. The van der Waals surface area contributed by atoms with Crippen molar-refractivity contribution in [3.8, 4) is 0 Å². The molecule has 6 heteroatoms. The van der Waals surface area contributed by atoms with Crippen LogP contribution in [-0.2, 0) is 0 Å². The summed E-state index contributed by atoms with van der Waals surface area (Å²) in [5.74, 6) is -0.189. The Labute approximate surface area is 128 Å². The fourth-order valence-corrected chi connectivity index (χ4v) is 2.59. The average molecular weight is 308 g/mol. The van der Waals surface area contributed by atoms with Gasteiger partial charge >= 0.3 is 0 Å². The maximum atomic E-state index is 12.5. The summed E-state index contributed by atoms with van der Waals surface area (Å²) in [5, 5.41) is 4.16. The van der Waals surface area contributed by atoms with Gasteiger partial charge in [0.1, 0.15) is 5.56 Å². The minimum atomic E-state index is -0.320. The van der Waals surface area contributed by atoms with Gasteiger partial charge in [-0.25, -0.2) is 0 Å². The number of aromatic nitrogens is 1. The number of carbonyl (C=O) groups is 1. The summed E-state index contributed by atoms with van der Waals surface area (Å²) >= 11 is 0. The molecule has 2 heterocycles. The van der Waals surface area contributed by atoms with E-state index >= 15 is 0 Å². The number of piperazine rings is 1. The molecule has 0 spiro atoms. The first-order chi connectivity index (χ1) is 9.65. The van der Waals surface area contributed by atoms with Gasteiger partial charge in [0.05, 0.1) is 0 Å². The molecule has 1 aliphatic rings. The Morgan fingerprint density at radius 2 is 2.10 bits per heavy atom. The summed E-state index contributed by atoms with van der Waals surface area (Å²) in [7, 11) is 0. The van der Waals surface area contributed by atoms with Gasteiger partial charge in [-0.1, -0.05) is 18.2 Å². The fraction of sp³-hybridized carbons (Fsp3) is 0.333. The third kappa shape index (κ3) is 3.09. The first-order valence-corrected chi connectivity index (χ1v) is 6.80. The minimum Gasteiger partial charge on any atom is -0.336 e. The number of nitrogens with one attached hydrogen (secondary N) is 2. The number of benzene rings is 1. The topological polar surface area (TPSA) is 65.2 Å². The molecule has 21 heavy (non-hydrogen) atoms. The summed E-state index contributed by atoms with van der Waals surface area (Å²) in [6.45, 7) is 4.06. The third-order valence-corrected chi connectivity index (χ3v) is 3.64. The van der Waals surface area contributed by atoms with Gasteiger partial charge in [0, 0.05) is 31.2 Å². The molecule has 2 N–H and O–H groups in total. The number of hydrogen-bond acceptors (Lipinski definition) is 3. The number of aromatic amines is 1. The van der Waals surface area contributed by atoms with Crippen molar-refractivity contribution in [2.24, 2.45) is 0 Å². The predicted octanol–water partition coefficient (Wildman–Crippen LogP) is 1.38. The number of rotatable bonds is 1. The Bertz CT molecular complexity index is 713. The largest absolute Gasteiger partial charge is 0.336 e. The highest BCUT2D eigenvalue weighted by Gasteiger charge is 2.23. The molecule has 112 valence electrons. The van der Waals surface area contributed by atoms with Crippen LogP contribution in [-0.4, -0.2) is 41.5 Å². The maximum absolute atomic E-state index is 12.5. The molecule has 1 fully saturated rings. The number of carbonyl (C=O) groups excluding carboxylic acids is 1. The number of fused-ring (bicyclic) bond motifs is 1. The molecule has 0 aliphatic carbocycles. The summed E-state index contributed by atoms with van der Waals surface area (Å²) in [6, 6.07) is 9.41. The SMILES string of the molecule is CC1CN(C(=O)c2cc3ccccc3[nH]c2=O)CCN1.Cl. The summed E-state index contributed by atoms with van der Waals surface area (Å²) in [6.07, 6.45) is 0. The van der Waals surface area contributed by atoms with Gasteiger partial charge in [-0.2, -0.15) is 0 Å². The lowest BCUT2D eigenvalue weighted by atomic mass is 10.1. The van der Waals surface area contributed by atoms with Gasteiger partial charge in [-0.15, -0.1) is 12.4 Å². The molecule has 1 aromatic heterocycles. The van der Waals surface area contributed by atoms with Crippen molar-refractivity contribution in [1.29, 1.82) is 0 Å². The van der Waals surface area contributed by atoms with Gasteiger partial charge in [0.15, 0.2) is 0 Å². The molecule has 1 saturated heterocycles. The lowest BCUT2D eigenvalue weighted by Gasteiger charge is -2.31. The first kappa shape index (κ1) is 15.5. The minimum absolute atomic E-state index is 0. The van der Waals surface area contributed by atoms with Crippen LogP contribution in [0.15, 0.2) is 35.1 Å². The van der Waals surface area contributed by atoms with E-state index in [0.29, 0.717) is 13.1 Å². The molecular formula is C15H18ClN3O2. The first-order valence-electron chi connectivity index (χ1n) is 6.80. The van der Waals surface area contributed by atoms with Crippen molar-refractivity contribution in [1.82, 2.24) is 15.2 Å². The zero-order valence-corrected chi connectivity index (χ0v) is 12.6.